The minimum absolute atomic E-state index is 0.179. The van der Waals surface area contributed by atoms with E-state index in [0.29, 0.717) is 42.2 Å². The van der Waals surface area contributed by atoms with E-state index in [4.69, 9.17) is 5.73 Å². The molecule has 0 bridgehead atoms. The van der Waals surface area contributed by atoms with E-state index in [1.165, 1.54) is 39.9 Å². The molecule has 31 heavy (non-hydrogen) atoms. The largest absolute Gasteiger partial charge is 0.365 e. The Hall–Kier alpha value is -2.27. The van der Waals surface area contributed by atoms with Gasteiger partial charge in [0.25, 0.3) is 11.8 Å². The van der Waals surface area contributed by atoms with Crippen LogP contribution in [0.15, 0.2) is 29.2 Å². The third-order valence-corrected chi connectivity index (χ3v) is 8.84. The molecule has 3 heterocycles. The molecule has 2 aliphatic rings. The smallest absolute Gasteiger partial charge is 0.256 e. The first-order valence-electron chi connectivity index (χ1n) is 10.3. The van der Waals surface area contributed by atoms with Crippen molar-refractivity contribution < 1.29 is 18.0 Å². The van der Waals surface area contributed by atoms with Crippen LogP contribution in [0.25, 0.3) is 0 Å². The first-order chi connectivity index (χ1) is 14.8. The number of thiophene rings is 1. The Bertz CT molecular complexity index is 1100. The minimum atomic E-state index is -3.55. The van der Waals surface area contributed by atoms with Crippen molar-refractivity contribution in [2.75, 3.05) is 32.0 Å². The maximum absolute atomic E-state index is 12.8. The van der Waals surface area contributed by atoms with Gasteiger partial charge in [-0.15, -0.1) is 11.3 Å². The van der Waals surface area contributed by atoms with Crippen molar-refractivity contribution >= 4 is 38.2 Å². The number of carbonyl (C=O) groups is 2. The molecule has 1 saturated heterocycles. The molecule has 0 atom stereocenters. The molecule has 1 aromatic heterocycles. The molecular weight excluding hydrogens is 436 g/mol. The molecule has 2 aliphatic heterocycles. The molecule has 0 unspecified atom stereocenters. The molecule has 166 valence electrons. The molecule has 1 aromatic carbocycles. The zero-order chi connectivity index (χ0) is 22.2. The van der Waals surface area contributed by atoms with Gasteiger partial charge in [-0.05, 0) is 56.1 Å². The van der Waals surface area contributed by atoms with Crippen LogP contribution in [0, 0.1) is 0 Å². The SMILES string of the molecule is CN1CCc2c(sc(NC(=O)c3ccc(S(=O)(=O)N4CCCCC4)cc3)c2C(N)=O)C1. The van der Waals surface area contributed by atoms with Gasteiger partial charge in [-0.25, -0.2) is 8.42 Å². The summed E-state index contributed by atoms with van der Waals surface area (Å²) >= 11 is 1.37. The van der Waals surface area contributed by atoms with E-state index in [1.807, 2.05) is 7.05 Å². The number of anilines is 1. The van der Waals surface area contributed by atoms with Crippen molar-refractivity contribution in [1.82, 2.24) is 9.21 Å². The highest BCUT2D eigenvalue weighted by Gasteiger charge is 2.28. The summed E-state index contributed by atoms with van der Waals surface area (Å²) in [6.45, 7) is 2.58. The van der Waals surface area contributed by atoms with Crippen molar-refractivity contribution in [3.05, 3.63) is 45.8 Å². The second-order valence-electron chi connectivity index (χ2n) is 8.00. The van der Waals surface area contributed by atoms with Crippen LogP contribution in [-0.4, -0.2) is 56.1 Å². The summed E-state index contributed by atoms with van der Waals surface area (Å²) in [5.74, 6) is -0.961. The molecule has 10 heteroatoms. The van der Waals surface area contributed by atoms with Crippen LogP contribution < -0.4 is 11.1 Å². The van der Waals surface area contributed by atoms with Crippen molar-refractivity contribution in [3.63, 3.8) is 0 Å². The molecule has 2 amide bonds. The van der Waals surface area contributed by atoms with Crippen LogP contribution in [0.2, 0.25) is 0 Å². The second kappa shape index (κ2) is 8.70. The number of primary amides is 1. The summed E-state index contributed by atoms with van der Waals surface area (Å²) in [4.78, 5) is 28.2. The van der Waals surface area contributed by atoms with E-state index in [2.05, 4.69) is 10.2 Å². The van der Waals surface area contributed by atoms with Crippen LogP contribution in [0.4, 0.5) is 5.00 Å². The van der Waals surface area contributed by atoms with E-state index in [0.717, 1.165) is 36.2 Å². The third kappa shape index (κ3) is 4.38. The first-order valence-corrected chi connectivity index (χ1v) is 12.6. The van der Waals surface area contributed by atoms with Crippen molar-refractivity contribution in [3.8, 4) is 0 Å². The van der Waals surface area contributed by atoms with Gasteiger partial charge in [0.15, 0.2) is 0 Å². The van der Waals surface area contributed by atoms with Gasteiger partial charge in [0.1, 0.15) is 5.00 Å². The van der Waals surface area contributed by atoms with Gasteiger partial charge in [-0.1, -0.05) is 6.42 Å². The maximum atomic E-state index is 12.8. The maximum Gasteiger partial charge on any atom is 0.256 e. The van der Waals surface area contributed by atoms with Crippen LogP contribution in [0.3, 0.4) is 0 Å². The number of nitrogens with zero attached hydrogens (tertiary/aromatic N) is 2. The number of carbonyl (C=O) groups excluding carboxylic acids is 2. The van der Waals surface area contributed by atoms with Crippen LogP contribution in [0.1, 0.15) is 50.4 Å². The number of piperidine rings is 1. The highest BCUT2D eigenvalue weighted by atomic mass is 32.2. The monoisotopic (exact) mass is 462 g/mol. The van der Waals surface area contributed by atoms with E-state index < -0.39 is 21.8 Å². The van der Waals surface area contributed by atoms with Gasteiger partial charge in [0.2, 0.25) is 10.0 Å². The molecule has 4 rings (SSSR count). The predicted molar refractivity (Wildman–Crippen MR) is 120 cm³/mol. The number of amides is 2. The molecule has 0 spiro atoms. The fourth-order valence-corrected chi connectivity index (χ4v) is 6.93. The highest BCUT2D eigenvalue weighted by molar-refractivity contribution is 7.89. The molecule has 3 N–H and O–H groups in total. The highest BCUT2D eigenvalue weighted by Crippen LogP contribution is 2.37. The molecule has 0 radical (unpaired) electrons. The number of nitrogens with one attached hydrogen (secondary N) is 1. The number of hydrogen-bond acceptors (Lipinski definition) is 6. The lowest BCUT2D eigenvalue weighted by molar-refractivity contribution is 0.1000. The van der Waals surface area contributed by atoms with E-state index >= 15 is 0 Å². The Labute approximate surface area is 186 Å². The summed E-state index contributed by atoms with van der Waals surface area (Å²) in [5.41, 5.74) is 7.21. The lowest BCUT2D eigenvalue weighted by Gasteiger charge is -2.25. The van der Waals surface area contributed by atoms with Crippen LogP contribution in [-0.2, 0) is 23.0 Å². The Morgan fingerprint density at radius 2 is 1.74 bits per heavy atom. The average molecular weight is 463 g/mol. The quantitative estimate of drug-likeness (QED) is 0.708. The zero-order valence-electron chi connectivity index (χ0n) is 17.4. The second-order valence-corrected chi connectivity index (χ2v) is 11.0. The Kier molecular flexibility index (Phi) is 6.16. The van der Waals surface area contributed by atoms with E-state index in [1.54, 1.807) is 0 Å². The van der Waals surface area contributed by atoms with Gasteiger partial charge in [-0.3, -0.25) is 9.59 Å². The normalized spacial score (nSPS) is 17.8. The van der Waals surface area contributed by atoms with Gasteiger partial charge in [0.05, 0.1) is 10.5 Å². The van der Waals surface area contributed by atoms with Gasteiger partial charge in [0, 0.05) is 36.6 Å². The summed E-state index contributed by atoms with van der Waals surface area (Å²) in [6.07, 6.45) is 3.48. The van der Waals surface area contributed by atoms with Gasteiger partial charge >= 0.3 is 0 Å². The van der Waals surface area contributed by atoms with Gasteiger partial charge < -0.3 is 16.0 Å². The minimum Gasteiger partial charge on any atom is -0.365 e. The summed E-state index contributed by atoms with van der Waals surface area (Å²) in [6, 6.07) is 5.92. The Balaban J connectivity index is 1.54. The number of rotatable bonds is 5. The summed E-state index contributed by atoms with van der Waals surface area (Å²) in [7, 11) is -1.55. The lowest BCUT2D eigenvalue weighted by atomic mass is 10.0. The van der Waals surface area contributed by atoms with Gasteiger partial charge in [-0.2, -0.15) is 4.31 Å². The standard InChI is InChI=1S/C21H26N4O4S2/c1-24-12-9-16-17(13-24)30-21(18(16)19(22)26)23-20(27)14-5-7-15(8-6-14)31(28,29)25-10-3-2-4-11-25/h5-8H,2-4,9-13H2,1H3,(H2,22,26)(H,23,27). The van der Waals surface area contributed by atoms with Crippen molar-refractivity contribution in [2.45, 2.75) is 37.1 Å². The summed E-state index contributed by atoms with van der Waals surface area (Å²) in [5, 5.41) is 3.25. The topological polar surface area (TPSA) is 113 Å². The zero-order valence-corrected chi connectivity index (χ0v) is 19.0. The number of hydrogen-bond donors (Lipinski definition) is 2. The molecule has 0 aliphatic carbocycles. The summed E-state index contributed by atoms with van der Waals surface area (Å²) < 4.78 is 27.1. The molecule has 8 nitrogen and oxygen atoms in total. The molecule has 2 aromatic rings. The molecule has 0 saturated carbocycles. The third-order valence-electron chi connectivity index (χ3n) is 5.79. The van der Waals surface area contributed by atoms with Crippen molar-refractivity contribution in [2.24, 2.45) is 5.73 Å². The van der Waals surface area contributed by atoms with Crippen LogP contribution >= 0.6 is 11.3 Å². The number of fused-ring (bicyclic) bond motifs is 1. The fraction of sp³-hybridized carbons (Fsp3) is 0.429. The number of benzene rings is 1. The Morgan fingerprint density at radius 3 is 2.39 bits per heavy atom. The molecular formula is C21H26N4O4S2. The number of sulfonamides is 1. The number of nitrogens with two attached hydrogens (primary N) is 1. The first kappa shape index (κ1) is 21.9. The average Bonchev–Trinajstić information content (AvgIpc) is 3.11. The Morgan fingerprint density at radius 1 is 1.06 bits per heavy atom. The lowest BCUT2D eigenvalue weighted by Crippen LogP contribution is -2.35. The van der Waals surface area contributed by atoms with E-state index in [9.17, 15) is 18.0 Å². The van der Waals surface area contributed by atoms with E-state index in [-0.39, 0.29) is 4.90 Å². The number of likely N-dealkylation sites (N-methyl/N-ethyl adjacent to an activating group) is 1. The predicted octanol–water partition coefficient (Wildman–Crippen LogP) is 2.26. The van der Waals surface area contributed by atoms with Crippen molar-refractivity contribution in [1.29, 1.82) is 0 Å². The van der Waals surface area contributed by atoms with Crippen LogP contribution in [0.5, 0.6) is 0 Å². The molecule has 1 fully saturated rings. The fourth-order valence-electron chi connectivity index (χ4n) is 4.09.